The molecule has 0 atom stereocenters. The minimum Gasteiger partial charge on any atom is -0.441 e. The third-order valence-electron chi connectivity index (χ3n) is 4.81. The van der Waals surface area contributed by atoms with Gasteiger partial charge >= 0.3 is 0 Å². The molecule has 1 heterocycles. The third kappa shape index (κ3) is 5.27. The molecule has 0 aliphatic carbocycles. The molecule has 4 rings (SSSR count). The number of hydrogen-bond acceptors (Lipinski definition) is 5. The van der Waals surface area contributed by atoms with Crippen molar-refractivity contribution in [1.82, 2.24) is 4.98 Å². The number of hydrogen-bond donors (Lipinski definition) is 2. The lowest BCUT2D eigenvalue weighted by Crippen LogP contribution is -2.18. The number of aromatic nitrogens is 1. The van der Waals surface area contributed by atoms with Crippen LogP contribution in [0.1, 0.15) is 11.5 Å². The van der Waals surface area contributed by atoms with Gasteiger partial charge in [0.15, 0.2) is 0 Å². The van der Waals surface area contributed by atoms with Crippen molar-refractivity contribution in [2.75, 3.05) is 10.0 Å². The van der Waals surface area contributed by atoms with Crippen molar-refractivity contribution in [3.05, 3.63) is 96.1 Å². The van der Waals surface area contributed by atoms with Gasteiger partial charge < -0.3 is 9.73 Å². The minimum absolute atomic E-state index is 0.0544. The highest BCUT2D eigenvalue weighted by Crippen LogP contribution is 2.26. The van der Waals surface area contributed by atoms with Crippen molar-refractivity contribution >= 4 is 27.3 Å². The van der Waals surface area contributed by atoms with Crippen molar-refractivity contribution < 1.29 is 22.0 Å². The number of carbonyl (C=O) groups excluding carboxylic acids is 1. The fourth-order valence-corrected chi connectivity index (χ4v) is 4.22. The second kappa shape index (κ2) is 9.25. The first-order valence-corrected chi connectivity index (χ1v) is 11.5. The molecule has 4 aromatic rings. The highest BCUT2D eigenvalue weighted by Gasteiger charge is 2.18. The Kier molecular flexibility index (Phi) is 6.23. The van der Waals surface area contributed by atoms with E-state index in [9.17, 15) is 17.6 Å². The summed E-state index contributed by atoms with van der Waals surface area (Å²) in [6.07, 6.45) is -0.0544. The van der Waals surface area contributed by atoms with Crippen LogP contribution in [0.15, 0.2) is 88.2 Å². The number of nitrogens with zero attached hydrogens (tertiary/aromatic N) is 1. The largest absolute Gasteiger partial charge is 0.441 e. The van der Waals surface area contributed by atoms with E-state index >= 15 is 0 Å². The number of rotatable bonds is 7. The predicted octanol–water partition coefficient (Wildman–Crippen LogP) is 4.77. The van der Waals surface area contributed by atoms with E-state index in [0.29, 0.717) is 17.3 Å². The number of benzene rings is 3. The Labute approximate surface area is 190 Å². The molecule has 168 valence electrons. The maximum atomic E-state index is 13.1. The summed E-state index contributed by atoms with van der Waals surface area (Å²) in [7, 11) is -3.98. The zero-order valence-corrected chi connectivity index (χ0v) is 18.4. The van der Waals surface area contributed by atoms with Crippen molar-refractivity contribution in [3.63, 3.8) is 0 Å². The maximum Gasteiger partial charge on any atom is 0.261 e. The van der Waals surface area contributed by atoms with Crippen LogP contribution in [0.2, 0.25) is 0 Å². The lowest BCUT2D eigenvalue weighted by atomic mass is 10.2. The molecule has 3 aromatic carbocycles. The number of amides is 1. The van der Waals surface area contributed by atoms with Crippen LogP contribution in [0.25, 0.3) is 11.5 Å². The molecule has 0 saturated heterocycles. The van der Waals surface area contributed by atoms with Crippen LogP contribution >= 0.6 is 0 Å². The van der Waals surface area contributed by atoms with E-state index in [1.165, 1.54) is 6.07 Å². The van der Waals surface area contributed by atoms with Crippen molar-refractivity contribution in [2.45, 2.75) is 18.2 Å². The molecule has 0 bridgehead atoms. The summed E-state index contributed by atoms with van der Waals surface area (Å²) in [5.74, 6) is 0.0114. The second-order valence-electron chi connectivity index (χ2n) is 7.22. The van der Waals surface area contributed by atoms with E-state index in [1.807, 2.05) is 30.3 Å². The molecule has 0 saturated carbocycles. The van der Waals surface area contributed by atoms with Crippen LogP contribution in [0, 0.1) is 12.7 Å². The quantitative estimate of drug-likeness (QED) is 0.409. The zero-order chi connectivity index (χ0) is 23.4. The molecular weight excluding hydrogens is 445 g/mol. The first kappa shape index (κ1) is 22.2. The molecule has 7 nitrogen and oxygen atoms in total. The Morgan fingerprint density at radius 2 is 1.58 bits per heavy atom. The Morgan fingerprint density at radius 1 is 0.939 bits per heavy atom. The second-order valence-corrected chi connectivity index (χ2v) is 8.90. The van der Waals surface area contributed by atoms with E-state index in [-0.39, 0.29) is 28.6 Å². The summed E-state index contributed by atoms with van der Waals surface area (Å²) in [6, 6.07) is 20.2. The number of aryl methyl sites for hydroxylation is 1. The normalized spacial score (nSPS) is 11.2. The van der Waals surface area contributed by atoms with Crippen molar-refractivity contribution in [2.24, 2.45) is 0 Å². The first-order chi connectivity index (χ1) is 15.8. The lowest BCUT2D eigenvalue weighted by Gasteiger charge is -2.13. The number of anilines is 2. The van der Waals surface area contributed by atoms with E-state index < -0.39 is 15.8 Å². The summed E-state index contributed by atoms with van der Waals surface area (Å²) in [6.45, 7) is 1.73. The van der Waals surface area contributed by atoms with Crippen LogP contribution in [0.4, 0.5) is 15.8 Å². The smallest absolute Gasteiger partial charge is 0.261 e. The van der Waals surface area contributed by atoms with Crippen molar-refractivity contribution in [1.29, 1.82) is 0 Å². The lowest BCUT2D eigenvalue weighted by molar-refractivity contribution is -0.115. The first-order valence-electron chi connectivity index (χ1n) is 10.0. The van der Waals surface area contributed by atoms with Gasteiger partial charge in [-0.1, -0.05) is 30.3 Å². The maximum absolute atomic E-state index is 13.1. The topological polar surface area (TPSA) is 101 Å². The highest BCUT2D eigenvalue weighted by molar-refractivity contribution is 7.92. The molecule has 0 unspecified atom stereocenters. The number of oxazole rings is 1. The van der Waals surface area contributed by atoms with Gasteiger partial charge in [0.1, 0.15) is 11.6 Å². The van der Waals surface area contributed by atoms with Gasteiger partial charge in [-0.2, -0.15) is 0 Å². The van der Waals surface area contributed by atoms with Gasteiger partial charge in [-0.05, 0) is 55.5 Å². The molecule has 0 aliphatic heterocycles. The molecule has 0 radical (unpaired) electrons. The minimum atomic E-state index is -3.98. The van der Waals surface area contributed by atoms with E-state index in [0.717, 1.165) is 29.8 Å². The van der Waals surface area contributed by atoms with Gasteiger partial charge in [0.2, 0.25) is 11.8 Å². The predicted molar refractivity (Wildman–Crippen MR) is 123 cm³/mol. The van der Waals surface area contributed by atoms with Crippen LogP contribution in [0.5, 0.6) is 0 Å². The number of carbonyl (C=O) groups is 1. The fourth-order valence-electron chi connectivity index (χ4n) is 3.14. The number of para-hydroxylation sites is 2. The van der Waals surface area contributed by atoms with E-state index in [4.69, 9.17) is 4.42 Å². The van der Waals surface area contributed by atoms with Gasteiger partial charge in [-0.15, -0.1) is 0 Å². The molecular formula is C24H20FN3O4S. The monoisotopic (exact) mass is 465 g/mol. The number of sulfonamides is 1. The van der Waals surface area contributed by atoms with Gasteiger partial charge in [0.25, 0.3) is 10.0 Å². The van der Waals surface area contributed by atoms with Crippen molar-refractivity contribution in [3.8, 4) is 11.5 Å². The van der Waals surface area contributed by atoms with E-state index in [2.05, 4.69) is 15.0 Å². The van der Waals surface area contributed by atoms with Crippen LogP contribution in [-0.2, 0) is 21.2 Å². The van der Waals surface area contributed by atoms with E-state index in [1.54, 1.807) is 25.1 Å². The van der Waals surface area contributed by atoms with Gasteiger partial charge in [-0.3, -0.25) is 9.52 Å². The molecule has 0 fully saturated rings. The van der Waals surface area contributed by atoms with Crippen LogP contribution < -0.4 is 10.0 Å². The third-order valence-corrected chi connectivity index (χ3v) is 6.19. The number of halogens is 1. The Balaban J connectivity index is 1.50. The number of nitrogens with one attached hydrogen (secondary N) is 2. The molecule has 2 N–H and O–H groups in total. The van der Waals surface area contributed by atoms with Crippen LogP contribution in [0.3, 0.4) is 0 Å². The SMILES string of the molecule is Cc1oc(-c2ccccc2)nc1CC(=O)Nc1ccccc1NS(=O)(=O)c1ccc(F)cc1. The Hall–Kier alpha value is -3.98. The standard InChI is InChI=1S/C24H20FN3O4S/c1-16-22(27-24(32-16)17-7-3-2-4-8-17)15-23(29)26-20-9-5-6-10-21(20)28-33(30,31)19-13-11-18(25)12-14-19/h2-14,28H,15H2,1H3,(H,26,29). The molecule has 33 heavy (non-hydrogen) atoms. The van der Waals surface area contributed by atoms with Gasteiger partial charge in [0, 0.05) is 5.56 Å². The molecule has 1 amide bonds. The summed E-state index contributed by atoms with van der Waals surface area (Å²) >= 11 is 0. The summed E-state index contributed by atoms with van der Waals surface area (Å²) < 4.78 is 46.6. The average Bonchev–Trinajstić information content (AvgIpc) is 3.16. The average molecular weight is 466 g/mol. The van der Waals surface area contributed by atoms with Gasteiger partial charge in [0.05, 0.1) is 28.4 Å². The molecule has 9 heteroatoms. The molecule has 1 aromatic heterocycles. The summed E-state index contributed by atoms with van der Waals surface area (Å²) in [5, 5.41) is 2.71. The summed E-state index contributed by atoms with van der Waals surface area (Å²) in [5.41, 5.74) is 1.73. The van der Waals surface area contributed by atoms with Crippen LogP contribution in [-0.4, -0.2) is 19.3 Å². The molecule has 0 spiro atoms. The molecule has 0 aliphatic rings. The van der Waals surface area contributed by atoms with Gasteiger partial charge in [-0.25, -0.2) is 17.8 Å². The highest BCUT2D eigenvalue weighted by atomic mass is 32.2. The summed E-state index contributed by atoms with van der Waals surface area (Å²) in [4.78, 5) is 17.0. The Bertz CT molecular complexity index is 1380. The zero-order valence-electron chi connectivity index (χ0n) is 17.6. The fraction of sp³-hybridized carbons (Fsp3) is 0.0833. The Morgan fingerprint density at radius 3 is 2.27 bits per heavy atom.